The van der Waals surface area contributed by atoms with Gasteiger partial charge in [-0.2, -0.15) is 0 Å². The van der Waals surface area contributed by atoms with Gasteiger partial charge in [-0.1, -0.05) is 13.8 Å². The summed E-state index contributed by atoms with van der Waals surface area (Å²) in [7, 11) is 0. The van der Waals surface area contributed by atoms with Gasteiger partial charge < -0.3 is 20.3 Å². The molecule has 2 rings (SSSR count). The Morgan fingerprint density at radius 2 is 1.78 bits per heavy atom. The van der Waals surface area contributed by atoms with Crippen molar-refractivity contribution in [3.63, 3.8) is 0 Å². The lowest BCUT2D eigenvalue weighted by Gasteiger charge is -2.15. The van der Waals surface area contributed by atoms with Gasteiger partial charge in [0.25, 0.3) is 0 Å². The molecule has 0 saturated carbocycles. The average molecular weight is 372 g/mol. The summed E-state index contributed by atoms with van der Waals surface area (Å²) < 4.78 is 11.4. The fraction of sp³-hybridized carbons (Fsp3) is 0.350. The van der Waals surface area contributed by atoms with Crippen LogP contribution in [-0.4, -0.2) is 34.6 Å². The van der Waals surface area contributed by atoms with Crippen molar-refractivity contribution in [1.29, 1.82) is 0 Å². The fourth-order valence-electron chi connectivity index (χ4n) is 2.32. The second kappa shape index (κ2) is 8.53. The zero-order valence-electron chi connectivity index (χ0n) is 15.9. The molecule has 144 valence electrons. The third-order valence-corrected chi connectivity index (χ3v) is 3.49. The lowest BCUT2D eigenvalue weighted by Crippen LogP contribution is -2.12. The lowest BCUT2D eigenvalue weighted by molar-refractivity contribution is 0.0697. The first-order valence-electron chi connectivity index (χ1n) is 8.66. The van der Waals surface area contributed by atoms with Gasteiger partial charge in [0.15, 0.2) is 0 Å². The Bertz CT molecular complexity index is 846. The molecule has 0 bridgehead atoms. The highest BCUT2D eigenvalue weighted by atomic mass is 16.5. The Kier molecular flexibility index (Phi) is 6.39. The summed E-state index contributed by atoms with van der Waals surface area (Å²) in [6, 6.07) is 7.55. The third-order valence-electron chi connectivity index (χ3n) is 3.49. The smallest absolute Gasteiger partial charge is 0.339 e. The number of ketones is 1. The first-order valence-corrected chi connectivity index (χ1v) is 8.66. The van der Waals surface area contributed by atoms with Crippen molar-refractivity contribution in [2.24, 2.45) is 5.92 Å². The maximum atomic E-state index is 12.8. The van der Waals surface area contributed by atoms with Crippen molar-refractivity contribution in [3.8, 4) is 11.5 Å². The number of anilines is 1. The molecule has 7 nitrogen and oxygen atoms in total. The predicted octanol–water partition coefficient (Wildman–Crippen LogP) is 3.42. The molecule has 0 fully saturated rings. The van der Waals surface area contributed by atoms with Gasteiger partial charge in [-0.15, -0.1) is 0 Å². The first-order chi connectivity index (χ1) is 12.7. The molecule has 0 aliphatic carbocycles. The number of carbonyl (C=O) groups excluding carboxylic acids is 1. The van der Waals surface area contributed by atoms with Crippen LogP contribution in [-0.2, 0) is 0 Å². The lowest BCUT2D eigenvalue weighted by atomic mass is 10.1. The summed E-state index contributed by atoms with van der Waals surface area (Å²) in [6.07, 6.45) is -0.0723. The Morgan fingerprint density at radius 1 is 1.11 bits per heavy atom. The van der Waals surface area contributed by atoms with Crippen molar-refractivity contribution in [3.05, 3.63) is 47.2 Å². The fourth-order valence-corrected chi connectivity index (χ4v) is 2.32. The first kappa shape index (κ1) is 20.2. The number of ether oxygens (including phenoxy) is 2. The maximum Gasteiger partial charge on any atom is 0.339 e. The number of nitrogen functional groups attached to an aromatic ring is 1. The Morgan fingerprint density at radius 3 is 2.33 bits per heavy atom. The summed E-state index contributed by atoms with van der Waals surface area (Å²) in [6.45, 7) is 8.32. The Labute approximate surface area is 158 Å². The summed E-state index contributed by atoms with van der Waals surface area (Å²) in [5, 5.41) is 9.03. The van der Waals surface area contributed by atoms with E-state index in [4.69, 9.17) is 20.3 Å². The van der Waals surface area contributed by atoms with Crippen molar-refractivity contribution in [2.45, 2.75) is 33.8 Å². The second-order valence-corrected chi connectivity index (χ2v) is 6.83. The quantitative estimate of drug-likeness (QED) is 0.683. The van der Waals surface area contributed by atoms with E-state index < -0.39 is 11.8 Å². The van der Waals surface area contributed by atoms with E-state index in [1.165, 1.54) is 12.1 Å². The molecule has 0 amide bonds. The average Bonchev–Trinajstić information content (AvgIpc) is 2.58. The minimum atomic E-state index is -1.20. The summed E-state index contributed by atoms with van der Waals surface area (Å²) in [4.78, 5) is 27.8. The minimum Gasteiger partial charge on any atom is -0.493 e. The van der Waals surface area contributed by atoms with Crippen LogP contribution in [0.1, 0.15) is 54.1 Å². The monoisotopic (exact) mass is 372 g/mol. The molecule has 3 N–H and O–H groups in total. The van der Waals surface area contributed by atoms with E-state index in [2.05, 4.69) is 4.98 Å². The second-order valence-electron chi connectivity index (χ2n) is 6.83. The van der Waals surface area contributed by atoms with E-state index in [0.29, 0.717) is 29.6 Å². The number of carboxylic acid groups (broad SMARTS) is 1. The molecule has 7 heteroatoms. The Hall–Kier alpha value is -3.09. The highest BCUT2D eigenvalue weighted by Crippen LogP contribution is 2.26. The molecule has 2 aromatic rings. The predicted molar refractivity (Wildman–Crippen MR) is 102 cm³/mol. The minimum absolute atomic E-state index is 0.0500. The number of benzene rings is 1. The van der Waals surface area contributed by atoms with Crippen LogP contribution in [0.25, 0.3) is 0 Å². The zero-order chi connectivity index (χ0) is 20.1. The van der Waals surface area contributed by atoms with Gasteiger partial charge >= 0.3 is 5.97 Å². The summed E-state index contributed by atoms with van der Waals surface area (Å²) >= 11 is 0. The van der Waals surface area contributed by atoms with Gasteiger partial charge in [0.1, 0.15) is 28.6 Å². The molecule has 1 aromatic carbocycles. The van der Waals surface area contributed by atoms with E-state index in [0.717, 1.165) is 0 Å². The number of carboxylic acids is 1. The van der Waals surface area contributed by atoms with Crippen LogP contribution in [0.4, 0.5) is 5.82 Å². The van der Waals surface area contributed by atoms with E-state index in [1.807, 2.05) is 27.7 Å². The van der Waals surface area contributed by atoms with Crippen LogP contribution in [0.2, 0.25) is 0 Å². The molecule has 0 saturated heterocycles. The van der Waals surface area contributed by atoms with Crippen LogP contribution in [0, 0.1) is 5.92 Å². The van der Waals surface area contributed by atoms with Gasteiger partial charge in [-0.25, -0.2) is 9.78 Å². The number of nitrogens with two attached hydrogens (primary N) is 1. The van der Waals surface area contributed by atoms with Crippen LogP contribution in [0.5, 0.6) is 11.5 Å². The number of pyridine rings is 1. The summed E-state index contributed by atoms with van der Waals surface area (Å²) in [5.74, 6) is -0.467. The van der Waals surface area contributed by atoms with Crippen LogP contribution in [0.15, 0.2) is 30.3 Å². The molecule has 27 heavy (non-hydrogen) atoms. The number of carbonyl (C=O) groups is 2. The number of hydrogen-bond acceptors (Lipinski definition) is 6. The SMILES string of the molecule is CC(C)COc1cc(OC(C)C)cc(C(=O)c2ccc(C(=O)O)c(N)n2)c1. The molecule has 0 aliphatic heterocycles. The maximum absolute atomic E-state index is 12.8. The molecular formula is C20H24N2O5. The molecule has 0 atom stereocenters. The van der Waals surface area contributed by atoms with Gasteiger partial charge in [-0.05, 0) is 44.0 Å². The molecule has 0 spiro atoms. The number of aromatic carboxylic acids is 1. The van der Waals surface area contributed by atoms with Crippen molar-refractivity contribution >= 4 is 17.6 Å². The largest absolute Gasteiger partial charge is 0.493 e. The standard InChI is InChI=1S/C20H24N2O5/c1-11(2)10-26-14-7-13(8-15(9-14)27-12(3)4)18(23)17-6-5-16(20(24)25)19(21)22-17/h5-9,11-12H,10H2,1-4H3,(H2,21,22)(H,24,25). The van der Waals surface area contributed by atoms with E-state index in [-0.39, 0.29) is 23.2 Å². The number of rotatable bonds is 8. The van der Waals surface area contributed by atoms with Gasteiger partial charge in [0, 0.05) is 11.6 Å². The van der Waals surface area contributed by atoms with Crippen molar-refractivity contribution in [1.82, 2.24) is 4.98 Å². The van der Waals surface area contributed by atoms with Crippen LogP contribution in [0.3, 0.4) is 0 Å². The highest BCUT2D eigenvalue weighted by molar-refractivity contribution is 6.09. The van der Waals surface area contributed by atoms with E-state index >= 15 is 0 Å². The number of hydrogen-bond donors (Lipinski definition) is 2. The van der Waals surface area contributed by atoms with Gasteiger partial charge in [-0.3, -0.25) is 4.79 Å². The topological polar surface area (TPSA) is 112 Å². The van der Waals surface area contributed by atoms with Crippen LogP contribution < -0.4 is 15.2 Å². The molecule has 0 unspecified atom stereocenters. The molecule has 0 radical (unpaired) electrons. The number of aromatic nitrogens is 1. The van der Waals surface area contributed by atoms with Gasteiger partial charge in [0.2, 0.25) is 5.78 Å². The van der Waals surface area contributed by atoms with Crippen molar-refractivity contribution < 1.29 is 24.2 Å². The highest BCUT2D eigenvalue weighted by Gasteiger charge is 2.17. The zero-order valence-corrected chi connectivity index (χ0v) is 15.9. The molecular weight excluding hydrogens is 348 g/mol. The molecule has 0 aliphatic rings. The van der Waals surface area contributed by atoms with Gasteiger partial charge in [0.05, 0.1) is 12.7 Å². The van der Waals surface area contributed by atoms with Crippen LogP contribution >= 0.6 is 0 Å². The third kappa shape index (κ3) is 5.44. The molecule has 1 aromatic heterocycles. The molecule has 1 heterocycles. The summed E-state index contributed by atoms with van der Waals surface area (Å²) in [5.41, 5.74) is 5.87. The number of nitrogens with zero attached hydrogens (tertiary/aromatic N) is 1. The Balaban J connectivity index is 2.39. The normalized spacial score (nSPS) is 10.9. The van der Waals surface area contributed by atoms with Crippen molar-refractivity contribution in [2.75, 3.05) is 12.3 Å². The van der Waals surface area contributed by atoms with E-state index in [1.54, 1.807) is 18.2 Å². The van der Waals surface area contributed by atoms with E-state index in [9.17, 15) is 9.59 Å².